The average Bonchev–Trinajstić information content (AvgIpc) is 3.09. The number of hydrogen-bond donors (Lipinski definition) is 1. The molecule has 0 spiro atoms. The molecular weight excluding hydrogens is 324 g/mol. The molecule has 0 radical (unpaired) electrons. The van der Waals surface area contributed by atoms with Gasteiger partial charge in [-0.3, -0.25) is 9.80 Å². The number of amides is 1. The third-order valence-electron chi connectivity index (χ3n) is 7.14. The molecule has 0 bridgehead atoms. The molecule has 0 aromatic heterocycles. The summed E-state index contributed by atoms with van der Waals surface area (Å²) in [6, 6.07) is 6.91. The van der Waals surface area contributed by atoms with Crippen LogP contribution in [0.5, 0.6) is 0 Å². The van der Waals surface area contributed by atoms with E-state index in [-0.39, 0.29) is 0 Å². The first kappa shape index (κ1) is 17.8. The molecule has 3 aliphatic rings. The standard InChI is InChI=1S/C22H32N2O2/c1-23(22(25)26)20-9-5-8-17-18(20)10-11-21-19(17)13-15-24(21)14-12-16-6-3-2-4-7-16/h5,8-9,16,19,21H,2-4,6-7,10-15H2,1H3,(H,25,26)/t19-,21+/m1/s1. The molecule has 1 N–H and O–H groups in total. The van der Waals surface area contributed by atoms with Gasteiger partial charge in [-0.1, -0.05) is 44.2 Å². The van der Waals surface area contributed by atoms with E-state index in [9.17, 15) is 9.90 Å². The van der Waals surface area contributed by atoms with Crippen LogP contribution in [0.4, 0.5) is 10.5 Å². The number of fused-ring (bicyclic) bond motifs is 3. The summed E-state index contributed by atoms with van der Waals surface area (Å²) in [5.74, 6) is 1.54. The highest BCUT2D eigenvalue weighted by molar-refractivity contribution is 5.87. The third kappa shape index (κ3) is 3.36. The molecule has 1 saturated heterocycles. The van der Waals surface area contributed by atoms with Gasteiger partial charge < -0.3 is 5.11 Å². The molecule has 1 saturated carbocycles. The Balaban J connectivity index is 1.46. The molecule has 1 heterocycles. The maximum atomic E-state index is 11.4. The van der Waals surface area contributed by atoms with Crippen molar-refractivity contribution in [3.05, 3.63) is 29.3 Å². The fourth-order valence-electron chi connectivity index (χ4n) is 5.69. The van der Waals surface area contributed by atoms with Crippen molar-refractivity contribution >= 4 is 11.8 Å². The Kier molecular flexibility index (Phi) is 5.21. The zero-order valence-corrected chi connectivity index (χ0v) is 16.0. The van der Waals surface area contributed by atoms with Gasteiger partial charge in [0, 0.05) is 19.0 Å². The van der Waals surface area contributed by atoms with Crippen LogP contribution in [-0.2, 0) is 6.42 Å². The number of benzene rings is 1. The Labute approximate surface area is 157 Å². The van der Waals surface area contributed by atoms with E-state index in [2.05, 4.69) is 11.0 Å². The second-order valence-electron chi connectivity index (χ2n) is 8.52. The average molecular weight is 357 g/mol. The summed E-state index contributed by atoms with van der Waals surface area (Å²) in [6.07, 6.45) is 11.1. The maximum Gasteiger partial charge on any atom is 0.411 e. The van der Waals surface area contributed by atoms with Gasteiger partial charge in [0.25, 0.3) is 0 Å². The Morgan fingerprint density at radius 2 is 2.00 bits per heavy atom. The lowest BCUT2D eigenvalue weighted by atomic mass is 9.78. The summed E-state index contributed by atoms with van der Waals surface area (Å²) in [6.45, 7) is 2.47. The number of likely N-dealkylation sites (tertiary alicyclic amines) is 1. The van der Waals surface area contributed by atoms with Gasteiger partial charge >= 0.3 is 6.09 Å². The molecule has 2 aliphatic carbocycles. The quantitative estimate of drug-likeness (QED) is 0.836. The van der Waals surface area contributed by atoms with Gasteiger partial charge in [0.05, 0.1) is 5.69 Å². The first-order valence-electron chi connectivity index (χ1n) is 10.5. The van der Waals surface area contributed by atoms with Gasteiger partial charge in [-0.15, -0.1) is 0 Å². The molecule has 1 aromatic rings. The van der Waals surface area contributed by atoms with Crippen LogP contribution in [0.3, 0.4) is 0 Å². The molecule has 4 nitrogen and oxygen atoms in total. The van der Waals surface area contributed by atoms with E-state index in [0.717, 1.165) is 18.0 Å². The Morgan fingerprint density at radius 1 is 1.19 bits per heavy atom. The van der Waals surface area contributed by atoms with Crippen molar-refractivity contribution in [3.63, 3.8) is 0 Å². The highest BCUT2D eigenvalue weighted by Gasteiger charge is 2.39. The van der Waals surface area contributed by atoms with Gasteiger partial charge in [0.15, 0.2) is 0 Å². The van der Waals surface area contributed by atoms with Gasteiger partial charge in [0.2, 0.25) is 0 Å². The number of anilines is 1. The number of nitrogens with zero attached hydrogens (tertiary/aromatic N) is 2. The molecule has 1 aromatic carbocycles. The summed E-state index contributed by atoms with van der Waals surface area (Å²) < 4.78 is 0. The monoisotopic (exact) mass is 356 g/mol. The third-order valence-corrected chi connectivity index (χ3v) is 7.14. The lowest BCUT2D eigenvalue weighted by Crippen LogP contribution is -2.37. The Hall–Kier alpha value is -1.55. The second-order valence-corrected chi connectivity index (χ2v) is 8.52. The van der Waals surface area contributed by atoms with Crippen LogP contribution in [-0.4, -0.2) is 42.3 Å². The summed E-state index contributed by atoms with van der Waals surface area (Å²) in [5, 5.41) is 9.38. The van der Waals surface area contributed by atoms with Crippen molar-refractivity contribution in [1.82, 2.24) is 4.90 Å². The zero-order valence-electron chi connectivity index (χ0n) is 16.0. The molecule has 142 valence electrons. The minimum Gasteiger partial charge on any atom is -0.465 e. The lowest BCUT2D eigenvalue weighted by Gasteiger charge is -2.35. The molecular formula is C22H32N2O2. The fraction of sp³-hybridized carbons (Fsp3) is 0.682. The second kappa shape index (κ2) is 7.59. The van der Waals surface area contributed by atoms with E-state index < -0.39 is 6.09 Å². The molecule has 2 atom stereocenters. The summed E-state index contributed by atoms with van der Waals surface area (Å²) >= 11 is 0. The molecule has 0 unspecified atom stereocenters. The fourth-order valence-corrected chi connectivity index (χ4v) is 5.69. The van der Waals surface area contributed by atoms with Crippen molar-refractivity contribution in [1.29, 1.82) is 0 Å². The zero-order chi connectivity index (χ0) is 18.1. The molecule has 2 fully saturated rings. The van der Waals surface area contributed by atoms with Gasteiger partial charge in [-0.25, -0.2) is 4.79 Å². The van der Waals surface area contributed by atoms with Gasteiger partial charge in [-0.05, 0) is 61.9 Å². The summed E-state index contributed by atoms with van der Waals surface area (Å²) in [4.78, 5) is 15.5. The Morgan fingerprint density at radius 3 is 2.77 bits per heavy atom. The van der Waals surface area contributed by atoms with Gasteiger partial charge in [-0.2, -0.15) is 0 Å². The highest BCUT2D eigenvalue weighted by atomic mass is 16.4. The number of carboxylic acid groups (broad SMARTS) is 1. The van der Waals surface area contributed by atoms with Crippen LogP contribution in [0.25, 0.3) is 0 Å². The number of rotatable bonds is 4. The van der Waals surface area contributed by atoms with E-state index in [4.69, 9.17) is 0 Å². The molecule has 1 amide bonds. The maximum absolute atomic E-state index is 11.4. The van der Waals surface area contributed by atoms with Crippen LogP contribution in [0.15, 0.2) is 18.2 Å². The lowest BCUT2D eigenvalue weighted by molar-refractivity contribution is 0.199. The summed E-state index contributed by atoms with van der Waals surface area (Å²) in [5.41, 5.74) is 3.56. The summed E-state index contributed by atoms with van der Waals surface area (Å²) in [7, 11) is 1.66. The number of hydrogen-bond acceptors (Lipinski definition) is 2. The number of carbonyl (C=O) groups is 1. The van der Waals surface area contributed by atoms with Crippen molar-refractivity contribution < 1.29 is 9.90 Å². The van der Waals surface area contributed by atoms with E-state index in [1.807, 2.05) is 12.1 Å². The van der Waals surface area contributed by atoms with Crippen molar-refractivity contribution in [2.24, 2.45) is 5.92 Å². The molecule has 1 aliphatic heterocycles. The predicted molar refractivity (Wildman–Crippen MR) is 105 cm³/mol. The minimum absolute atomic E-state index is 0.590. The smallest absolute Gasteiger partial charge is 0.411 e. The first-order valence-corrected chi connectivity index (χ1v) is 10.5. The van der Waals surface area contributed by atoms with Crippen molar-refractivity contribution in [2.45, 2.75) is 69.7 Å². The van der Waals surface area contributed by atoms with E-state index in [0.29, 0.717) is 12.0 Å². The first-order chi connectivity index (χ1) is 12.6. The normalized spacial score (nSPS) is 26.3. The molecule has 4 heteroatoms. The largest absolute Gasteiger partial charge is 0.465 e. The molecule has 4 rings (SSSR count). The van der Waals surface area contributed by atoms with Crippen LogP contribution < -0.4 is 4.90 Å². The Bertz CT molecular complexity index is 654. The van der Waals surface area contributed by atoms with Crippen LogP contribution in [0.2, 0.25) is 0 Å². The van der Waals surface area contributed by atoms with Crippen LogP contribution in [0.1, 0.15) is 68.4 Å². The van der Waals surface area contributed by atoms with Crippen molar-refractivity contribution in [2.75, 3.05) is 25.0 Å². The van der Waals surface area contributed by atoms with E-state index in [1.54, 1.807) is 7.05 Å². The predicted octanol–water partition coefficient (Wildman–Crippen LogP) is 4.88. The van der Waals surface area contributed by atoms with Crippen LogP contribution in [0, 0.1) is 5.92 Å². The molecule has 26 heavy (non-hydrogen) atoms. The van der Waals surface area contributed by atoms with E-state index in [1.165, 1.54) is 80.5 Å². The van der Waals surface area contributed by atoms with Gasteiger partial charge in [0.1, 0.15) is 0 Å². The topological polar surface area (TPSA) is 43.8 Å². The highest BCUT2D eigenvalue weighted by Crippen LogP contribution is 2.44. The van der Waals surface area contributed by atoms with Crippen LogP contribution >= 0.6 is 0 Å². The minimum atomic E-state index is -0.874. The SMILES string of the molecule is CN(C(=O)O)c1cccc2c1CC[C@H]1[C@@H]2CCN1CCC1CCCCC1. The van der Waals surface area contributed by atoms with E-state index >= 15 is 0 Å². The van der Waals surface area contributed by atoms with Crippen molar-refractivity contribution in [3.8, 4) is 0 Å².